The number of carbonyl (C=O) groups excluding carboxylic acids is 1. The molecule has 1 aromatic carbocycles. The second-order valence-electron chi connectivity index (χ2n) is 5.78. The number of nitrogens with zero attached hydrogens (tertiary/aromatic N) is 1. The number of rotatable bonds is 4. The highest BCUT2D eigenvalue weighted by molar-refractivity contribution is 14.0. The van der Waals surface area contributed by atoms with Crippen LogP contribution < -0.4 is 5.32 Å². The van der Waals surface area contributed by atoms with Crippen LogP contribution in [-0.2, 0) is 11.2 Å². The minimum atomic E-state index is -0.579. The topological polar surface area (TPSA) is 86.0 Å². The van der Waals surface area contributed by atoms with E-state index in [0.717, 1.165) is 5.56 Å². The maximum atomic E-state index is 11.9. The number of benzene rings is 1. The van der Waals surface area contributed by atoms with Crippen LogP contribution in [0.5, 0.6) is 0 Å². The fraction of sp³-hybridized carbons (Fsp3) is 0.438. The van der Waals surface area contributed by atoms with E-state index in [9.17, 15) is 4.79 Å². The number of nitriles is 1. The Morgan fingerprint density at radius 2 is 1.96 bits per heavy atom. The molecule has 0 saturated heterocycles. The maximum absolute atomic E-state index is 11.9. The van der Waals surface area contributed by atoms with Crippen LogP contribution in [0.25, 0.3) is 0 Å². The van der Waals surface area contributed by atoms with Gasteiger partial charge in [0.05, 0.1) is 22.7 Å². The van der Waals surface area contributed by atoms with Gasteiger partial charge < -0.3 is 10.1 Å². The van der Waals surface area contributed by atoms with Gasteiger partial charge in [0.2, 0.25) is 0 Å². The third-order valence-corrected chi connectivity index (χ3v) is 3.47. The minimum Gasteiger partial charge on any atom is -0.444 e. The summed E-state index contributed by atoms with van der Waals surface area (Å²) >= 11 is 1.28. The molecule has 0 aliphatic carbocycles. The second kappa shape index (κ2) is 9.78. The SMILES string of the molecule is CSC(=N)[C@@H](Cc1ccc(C#N)cc1)NC(=O)OC(C)(C)C.I. The van der Waals surface area contributed by atoms with Crippen molar-refractivity contribution in [1.29, 1.82) is 10.7 Å². The zero-order valence-corrected chi connectivity index (χ0v) is 16.8. The molecule has 0 saturated carbocycles. The van der Waals surface area contributed by atoms with Gasteiger partial charge in [0.1, 0.15) is 5.60 Å². The molecule has 0 aromatic heterocycles. The second-order valence-corrected chi connectivity index (χ2v) is 6.63. The molecule has 2 N–H and O–H groups in total. The number of thioether (sulfide) groups is 1. The summed E-state index contributed by atoms with van der Waals surface area (Å²) in [6, 6.07) is 8.72. The van der Waals surface area contributed by atoms with E-state index in [-0.39, 0.29) is 24.0 Å². The van der Waals surface area contributed by atoms with Crippen LogP contribution in [-0.4, -0.2) is 29.0 Å². The molecule has 0 fully saturated rings. The van der Waals surface area contributed by atoms with E-state index >= 15 is 0 Å². The standard InChI is InChI=1S/C16H21N3O2S.HI/c1-16(2,3)21-15(20)19-13(14(18)22-4)9-11-5-7-12(10-17)8-6-11;/h5-8,13,18H,9H2,1-4H3,(H,19,20);1H/t13-;/m1./s1. The zero-order valence-electron chi connectivity index (χ0n) is 13.7. The third-order valence-electron chi connectivity index (χ3n) is 2.75. The Morgan fingerprint density at radius 1 is 1.39 bits per heavy atom. The van der Waals surface area contributed by atoms with Gasteiger partial charge in [-0.25, -0.2) is 4.79 Å². The van der Waals surface area contributed by atoms with E-state index in [2.05, 4.69) is 11.4 Å². The van der Waals surface area contributed by atoms with Crippen LogP contribution in [0, 0.1) is 16.7 Å². The van der Waals surface area contributed by atoms with Crippen LogP contribution in [0.3, 0.4) is 0 Å². The van der Waals surface area contributed by atoms with Gasteiger partial charge in [-0.15, -0.1) is 35.7 Å². The summed E-state index contributed by atoms with van der Waals surface area (Å²) in [6.45, 7) is 5.38. The van der Waals surface area contributed by atoms with Gasteiger partial charge in [-0.1, -0.05) is 12.1 Å². The summed E-state index contributed by atoms with van der Waals surface area (Å²) in [6.07, 6.45) is 1.74. The first-order chi connectivity index (χ1) is 10.2. The summed E-state index contributed by atoms with van der Waals surface area (Å²) < 4.78 is 5.24. The maximum Gasteiger partial charge on any atom is 0.408 e. The first-order valence-electron chi connectivity index (χ1n) is 6.86. The molecule has 5 nitrogen and oxygen atoms in total. The highest BCUT2D eigenvalue weighted by Crippen LogP contribution is 2.12. The molecule has 0 heterocycles. The number of hydrogen-bond acceptors (Lipinski definition) is 5. The Balaban J connectivity index is 0.00000484. The van der Waals surface area contributed by atoms with Crippen LogP contribution in [0.4, 0.5) is 4.79 Å². The third kappa shape index (κ3) is 8.23. The Hall–Kier alpha value is -1.27. The quantitative estimate of drug-likeness (QED) is 0.416. The number of amides is 1. The van der Waals surface area contributed by atoms with Crippen molar-refractivity contribution >= 4 is 46.9 Å². The molecular formula is C16H22IN3O2S. The van der Waals surface area contributed by atoms with Crippen molar-refractivity contribution in [3.63, 3.8) is 0 Å². The average Bonchev–Trinajstić information content (AvgIpc) is 2.44. The van der Waals surface area contributed by atoms with Crippen LogP contribution >= 0.6 is 35.7 Å². The number of halogens is 1. The molecule has 1 amide bonds. The van der Waals surface area contributed by atoms with Crippen molar-refractivity contribution < 1.29 is 9.53 Å². The highest BCUT2D eigenvalue weighted by atomic mass is 127. The molecule has 0 bridgehead atoms. The fourth-order valence-electron chi connectivity index (χ4n) is 1.75. The molecule has 1 rings (SSSR count). The number of carbonyl (C=O) groups is 1. The van der Waals surface area contributed by atoms with Gasteiger partial charge in [0, 0.05) is 0 Å². The highest BCUT2D eigenvalue weighted by Gasteiger charge is 2.22. The first-order valence-corrected chi connectivity index (χ1v) is 8.08. The molecule has 0 radical (unpaired) electrons. The largest absolute Gasteiger partial charge is 0.444 e. The minimum absolute atomic E-state index is 0. The van der Waals surface area contributed by atoms with Crippen molar-refractivity contribution in [2.75, 3.05) is 6.26 Å². The smallest absolute Gasteiger partial charge is 0.408 e. The summed E-state index contributed by atoms with van der Waals surface area (Å²) in [5.41, 5.74) is 0.948. The summed E-state index contributed by atoms with van der Waals surface area (Å²) in [5, 5.41) is 19.9. The fourth-order valence-corrected chi connectivity index (χ4v) is 2.18. The molecule has 7 heteroatoms. The Labute approximate surface area is 158 Å². The van der Waals surface area contributed by atoms with E-state index in [4.69, 9.17) is 15.4 Å². The van der Waals surface area contributed by atoms with E-state index < -0.39 is 17.7 Å². The van der Waals surface area contributed by atoms with Crippen LogP contribution in [0.15, 0.2) is 24.3 Å². The summed E-state index contributed by atoms with van der Waals surface area (Å²) in [7, 11) is 0. The van der Waals surface area contributed by atoms with Crippen molar-refractivity contribution in [3.05, 3.63) is 35.4 Å². The van der Waals surface area contributed by atoms with Crippen molar-refractivity contribution in [2.45, 2.75) is 38.8 Å². The molecule has 1 atom stereocenters. The van der Waals surface area contributed by atoms with Gasteiger partial charge in [0.25, 0.3) is 0 Å². The Kier molecular flexibility index (Phi) is 9.24. The van der Waals surface area contributed by atoms with Gasteiger partial charge in [-0.3, -0.25) is 5.41 Å². The summed E-state index contributed by atoms with van der Waals surface area (Å²) in [4.78, 5) is 11.9. The lowest BCUT2D eigenvalue weighted by molar-refractivity contribution is 0.0518. The number of ether oxygens (including phenoxy) is 1. The molecule has 0 aliphatic rings. The van der Waals surface area contributed by atoms with Gasteiger partial charge in [0.15, 0.2) is 0 Å². The van der Waals surface area contributed by atoms with Gasteiger partial charge in [-0.05, 0) is 51.1 Å². The predicted molar refractivity (Wildman–Crippen MR) is 105 cm³/mol. The average molecular weight is 447 g/mol. The first kappa shape index (κ1) is 21.7. The number of alkyl carbamates (subject to hydrolysis) is 1. The normalized spacial score (nSPS) is 11.6. The van der Waals surface area contributed by atoms with E-state index in [1.807, 2.05) is 12.1 Å². The van der Waals surface area contributed by atoms with Crippen molar-refractivity contribution in [1.82, 2.24) is 5.32 Å². The lowest BCUT2D eigenvalue weighted by Gasteiger charge is -2.23. The molecule has 126 valence electrons. The van der Waals surface area contributed by atoms with Gasteiger partial charge >= 0.3 is 6.09 Å². The number of nitrogens with one attached hydrogen (secondary N) is 2. The monoisotopic (exact) mass is 447 g/mol. The molecule has 0 unspecified atom stereocenters. The van der Waals surface area contributed by atoms with E-state index in [1.54, 1.807) is 39.2 Å². The van der Waals surface area contributed by atoms with Crippen LogP contribution in [0.1, 0.15) is 31.9 Å². The zero-order chi connectivity index (χ0) is 16.8. The van der Waals surface area contributed by atoms with E-state index in [0.29, 0.717) is 17.0 Å². The predicted octanol–water partition coefficient (Wildman–Crippen LogP) is 3.95. The van der Waals surface area contributed by atoms with Crippen molar-refractivity contribution in [2.24, 2.45) is 0 Å². The molecule has 1 aromatic rings. The molecule has 23 heavy (non-hydrogen) atoms. The van der Waals surface area contributed by atoms with Crippen LogP contribution in [0.2, 0.25) is 0 Å². The number of hydrogen-bond donors (Lipinski definition) is 2. The molecule has 0 spiro atoms. The Morgan fingerprint density at radius 3 is 2.39 bits per heavy atom. The molecule has 0 aliphatic heterocycles. The lowest BCUT2D eigenvalue weighted by atomic mass is 10.1. The van der Waals surface area contributed by atoms with Crippen molar-refractivity contribution in [3.8, 4) is 6.07 Å². The molecular weight excluding hydrogens is 425 g/mol. The Bertz CT molecular complexity index is 576. The summed E-state index contributed by atoms with van der Waals surface area (Å²) in [5.74, 6) is 0. The van der Waals surface area contributed by atoms with Gasteiger partial charge in [-0.2, -0.15) is 5.26 Å². The van der Waals surface area contributed by atoms with E-state index in [1.165, 1.54) is 11.8 Å². The lowest BCUT2D eigenvalue weighted by Crippen LogP contribution is -2.43.